The fraction of sp³-hybridized carbons (Fsp3) is 0.600. The van der Waals surface area contributed by atoms with E-state index in [-0.39, 0.29) is 0 Å². The van der Waals surface area contributed by atoms with E-state index in [9.17, 15) is 0 Å². The highest BCUT2D eigenvalue weighted by atomic mass is 15.3. The molecule has 2 atom stereocenters. The molecule has 1 saturated carbocycles. The topological polar surface area (TPSA) is 58.0 Å². The van der Waals surface area contributed by atoms with Crippen LogP contribution in [0.3, 0.4) is 0 Å². The van der Waals surface area contributed by atoms with E-state index in [1.54, 1.807) is 6.33 Å². The maximum atomic E-state index is 4.89. The van der Waals surface area contributed by atoms with E-state index in [0.29, 0.717) is 17.8 Å². The molecule has 2 saturated heterocycles. The second-order valence-electron chi connectivity index (χ2n) is 8.24. The first-order valence-electron chi connectivity index (χ1n) is 9.72. The van der Waals surface area contributed by atoms with Gasteiger partial charge in [-0.1, -0.05) is 0 Å². The lowest BCUT2D eigenvalue weighted by Crippen LogP contribution is -2.30. The lowest BCUT2D eigenvalue weighted by Gasteiger charge is -2.24. The van der Waals surface area contributed by atoms with Crippen molar-refractivity contribution in [2.45, 2.75) is 39.5 Å². The van der Waals surface area contributed by atoms with Crippen molar-refractivity contribution in [2.24, 2.45) is 11.8 Å². The minimum Gasteiger partial charge on any atom is -0.356 e. The summed E-state index contributed by atoms with van der Waals surface area (Å²) >= 11 is 0. The van der Waals surface area contributed by atoms with Crippen molar-refractivity contribution in [1.29, 1.82) is 0 Å². The smallest absolute Gasteiger partial charge is 0.135 e. The van der Waals surface area contributed by atoms with Crippen LogP contribution < -0.4 is 9.80 Å². The van der Waals surface area contributed by atoms with Crippen LogP contribution in [0.4, 0.5) is 11.6 Å². The molecule has 0 spiro atoms. The first-order chi connectivity index (χ1) is 12.6. The summed E-state index contributed by atoms with van der Waals surface area (Å²) in [5.74, 6) is 5.29. The minimum atomic E-state index is 0.607. The zero-order chi connectivity index (χ0) is 17.8. The van der Waals surface area contributed by atoms with Crippen molar-refractivity contribution in [3.05, 3.63) is 35.2 Å². The molecule has 136 valence electrons. The lowest BCUT2D eigenvalue weighted by molar-refractivity contribution is 0.533. The summed E-state index contributed by atoms with van der Waals surface area (Å²) < 4.78 is 0. The zero-order valence-corrected chi connectivity index (χ0v) is 15.8. The fourth-order valence-corrected chi connectivity index (χ4v) is 4.46. The summed E-state index contributed by atoms with van der Waals surface area (Å²) in [6.45, 7) is 10.6. The molecule has 2 aromatic rings. The number of fused-ring (bicyclic) bond motifs is 1. The van der Waals surface area contributed by atoms with Crippen molar-refractivity contribution >= 4 is 11.6 Å². The van der Waals surface area contributed by atoms with E-state index in [2.05, 4.69) is 51.6 Å². The van der Waals surface area contributed by atoms with Crippen LogP contribution in [0.2, 0.25) is 0 Å². The van der Waals surface area contributed by atoms with Crippen LogP contribution in [0.5, 0.6) is 0 Å². The van der Waals surface area contributed by atoms with Gasteiger partial charge >= 0.3 is 0 Å². The molecule has 4 heterocycles. The number of rotatable bonds is 3. The predicted octanol–water partition coefficient (Wildman–Crippen LogP) is 2.64. The van der Waals surface area contributed by atoms with E-state index in [0.717, 1.165) is 55.0 Å². The van der Waals surface area contributed by atoms with Crippen LogP contribution in [0.25, 0.3) is 0 Å². The highest BCUT2D eigenvalue weighted by molar-refractivity contribution is 5.50. The highest BCUT2D eigenvalue weighted by Crippen LogP contribution is 2.40. The van der Waals surface area contributed by atoms with Crippen molar-refractivity contribution in [1.82, 2.24) is 19.9 Å². The molecule has 26 heavy (non-hydrogen) atoms. The Hall–Kier alpha value is -2.24. The standard InChI is InChI=1S/C20H26N6/c1-12-6-18(24-19(23-12)15-4-5-15)25-7-16-9-26(10-17(16)8-25)20-13(2)14(3)21-11-22-20/h6,11,15-17H,4-5,7-10H2,1-3H3. The summed E-state index contributed by atoms with van der Waals surface area (Å²) in [7, 11) is 0. The Labute approximate surface area is 154 Å². The van der Waals surface area contributed by atoms with Gasteiger partial charge in [-0.15, -0.1) is 0 Å². The number of anilines is 2. The van der Waals surface area contributed by atoms with Gasteiger partial charge in [-0.2, -0.15) is 0 Å². The molecule has 2 unspecified atom stereocenters. The van der Waals surface area contributed by atoms with Crippen LogP contribution >= 0.6 is 0 Å². The number of nitrogens with zero attached hydrogens (tertiary/aromatic N) is 6. The van der Waals surface area contributed by atoms with E-state index in [1.165, 1.54) is 18.4 Å². The molecular weight excluding hydrogens is 324 g/mol. The maximum Gasteiger partial charge on any atom is 0.135 e. The molecule has 5 rings (SSSR count). The molecule has 0 radical (unpaired) electrons. The van der Waals surface area contributed by atoms with Gasteiger partial charge in [-0.3, -0.25) is 0 Å². The average molecular weight is 350 g/mol. The van der Waals surface area contributed by atoms with Crippen LogP contribution in [0, 0.1) is 32.6 Å². The highest BCUT2D eigenvalue weighted by Gasteiger charge is 2.41. The molecule has 1 aliphatic carbocycles. The van der Waals surface area contributed by atoms with E-state index >= 15 is 0 Å². The zero-order valence-electron chi connectivity index (χ0n) is 15.8. The van der Waals surface area contributed by atoms with Gasteiger partial charge in [0.1, 0.15) is 23.8 Å². The second-order valence-corrected chi connectivity index (χ2v) is 8.24. The third kappa shape index (κ3) is 2.72. The molecule has 0 aromatic carbocycles. The summed E-state index contributed by atoms with van der Waals surface area (Å²) in [6.07, 6.45) is 4.20. The summed E-state index contributed by atoms with van der Waals surface area (Å²) in [4.78, 5) is 23.3. The van der Waals surface area contributed by atoms with Gasteiger partial charge in [0.15, 0.2) is 0 Å². The monoisotopic (exact) mass is 350 g/mol. The second kappa shape index (κ2) is 5.89. The number of aromatic nitrogens is 4. The van der Waals surface area contributed by atoms with E-state index in [1.807, 2.05) is 0 Å². The van der Waals surface area contributed by atoms with Gasteiger partial charge < -0.3 is 9.80 Å². The third-order valence-corrected chi connectivity index (χ3v) is 6.22. The Kier molecular flexibility index (Phi) is 3.62. The molecular formula is C20H26N6. The Morgan fingerprint density at radius 1 is 0.885 bits per heavy atom. The van der Waals surface area contributed by atoms with Gasteiger partial charge in [-0.25, -0.2) is 19.9 Å². The first-order valence-corrected chi connectivity index (χ1v) is 9.72. The number of aryl methyl sites for hydroxylation is 2. The van der Waals surface area contributed by atoms with E-state index < -0.39 is 0 Å². The van der Waals surface area contributed by atoms with Crippen LogP contribution in [0.1, 0.15) is 41.5 Å². The average Bonchev–Trinajstić information content (AvgIpc) is 3.27. The predicted molar refractivity (Wildman–Crippen MR) is 102 cm³/mol. The summed E-state index contributed by atoms with van der Waals surface area (Å²) in [5.41, 5.74) is 3.39. The Morgan fingerprint density at radius 2 is 1.58 bits per heavy atom. The van der Waals surface area contributed by atoms with Crippen molar-refractivity contribution in [3.63, 3.8) is 0 Å². The molecule has 2 aliphatic heterocycles. The van der Waals surface area contributed by atoms with E-state index in [4.69, 9.17) is 4.98 Å². The summed E-state index contributed by atoms with van der Waals surface area (Å²) in [5, 5.41) is 0. The Balaban J connectivity index is 1.32. The Morgan fingerprint density at radius 3 is 2.27 bits per heavy atom. The Bertz CT molecular complexity index is 832. The van der Waals surface area contributed by atoms with Gasteiger partial charge in [0.05, 0.1) is 0 Å². The van der Waals surface area contributed by atoms with Crippen LogP contribution in [-0.4, -0.2) is 46.1 Å². The molecule has 3 fully saturated rings. The molecule has 6 nitrogen and oxygen atoms in total. The van der Waals surface area contributed by atoms with Crippen molar-refractivity contribution < 1.29 is 0 Å². The quantitative estimate of drug-likeness (QED) is 0.848. The third-order valence-electron chi connectivity index (χ3n) is 6.22. The first kappa shape index (κ1) is 16.0. The maximum absolute atomic E-state index is 4.89. The molecule has 2 aromatic heterocycles. The summed E-state index contributed by atoms with van der Waals surface area (Å²) in [6, 6.07) is 2.16. The van der Waals surface area contributed by atoms with Gasteiger partial charge in [0.25, 0.3) is 0 Å². The molecule has 0 bridgehead atoms. The largest absolute Gasteiger partial charge is 0.356 e. The number of hydrogen-bond donors (Lipinski definition) is 0. The SMILES string of the molecule is Cc1cc(N2CC3CN(c4ncnc(C)c4C)CC3C2)nc(C2CC2)n1. The van der Waals surface area contributed by atoms with Crippen molar-refractivity contribution in [3.8, 4) is 0 Å². The van der Waals surface area contributed by atoms with Gasteiger partial charge in [0.2, 0.25) is 0 Å². The van der Waals surface area contributed by atoms with Crippen molar-refractivity contribution in [2.75, 3.05) is 36.0 Å². The normalized spacial score (nSPS) is 25.0. The van der Waals surface area contributed by atoms with Crippen LogP contribution in [-0.2, 0) is 0 Å². The van der Waals surface area contributed by atoms with Gasteiger partial charge in [0, 0.05) is 67.0 Å². The molecule has 6 heteroatoms. The fourth-order valence-electron chi connectivity index (χ4n) is 4.46. The molecule has 3 aliphatic rings. The van der Waals surface area contributed by atoms with Gasteiger partial charge in [-0.05, 0) is 33.6 Å². The molecule has 0 N–H and O–H groups in total. The molecule has 0 amide bonds. The minimum absolute atomic E-state index is 0.607. The van der Waals surface area contributed by atoms with Crippen LogP contribution in [0.15, 0.2) is 12.4 Å². The number of hydrogen-bond acceptors (Lipinski definition) is 6. The lowest BCUT2D eigenvalue weighted by atomic mass is 10.0.